The van der Waals surface area contributed by atoms with Crippen molar-refractivity contribution >= 4 is 27.5 Å². The summed E-state index contributed by atoms with van der Waals surface area (Å²) in [6, 6.07) is 19.9. The van der Waals surface area contributed by atoms with Crippen LogP contribution >= 0.6 is 0 Å². The average Bonchev–Trinajstić information content (AvgIpc) is 2.93. The zero-order chi connectivity index (χ0) is 28.6. The quantitative estimate of drug-likeness (QED) is 0.359. The molecule has 0 aromatic heterocycles. The molecule has 0 bridgehead atoms. The molecule has 0 saturated heterocycles. The Bertz CT molecular complexity index is 1390. The average molecular weight is 552 g/mol. The molecule has 1 N–H and O–H groups in total. The fraction of sp³-hybridized carbons (Fsp3) is 0.333. The summed E-state index contributed by atoms with van der Waals surface area (Å²) in [7, 11) is -2.54. The third-order valence-electron chi connectivity index (χ3n) is 6.38. The standard InChI is InChI=1S/C30H37N3O5S/c1-6-17-31-30(35)24(4)32(20-25-10-8-12-27(19-25)38-5)29(34)21-33(26-11-7-9-23(3)18-26)39(36,37)28-15-13-22(2)14-16-28/h7-16,18-19,24H,6,17,20-21H2,1-5H3,(H,31,35)/t24-/m1/s1. The summed E-state index contributed by atoms with van der Waals surface area (Å²) in [6.45, 7) is 7.42. The van der Waals surface area contributed by atoms with E-state index >= 15 is 0 Å². The number of carbonyl (C=O) groups excluding carboxylic acids is 2. The van der Waals surface area contributed by atoms with Crippen LogP contribution in [0.25, 0.3) is 0 Å². The van der Waals surface area contributed by atoms with Gasteiger partial charge < -0.3 is 15.0 Å². The van der Waals surface area contributed by atoms with Crippen LogP contribution in [0.1, 0.15) is 37.0 Å². The van der Waals surface area contributed by atoms with Crippen LogP contribution in [0.3, 0.4) is 0 Å². The van der Waals surface area contributed by atoms with E-state index in [0.29, 0.717) is 18.0 Å². The van der Waals surface area contributed by atoms with Crippen molar-refractivity contribution in [3.8, 4) is 5.75 Å². The van der Waals surface area contributed by atoms with E-state index in [-0.39, 0.29) is 17.3 Å². The zero-order valence-corrected chi connectivity index (χ0v) is 24.0. The van der Waals surface area contributed by atoms with E-state index in [2.05, 4.69) is 5.32 Å². The van der Waals surface area contributed by atoms with Gasteiger partial charge >= 0.3 is 0 Å². The second-order valence-corrected chi connectivity index (χ2v) is 11.4. The maximum absolute atomic E-state index is 13.9. The van der Waals surface area contributed by atoms with Gasteiger partial charge in [-0.2, -0.15) is 0 Å². The largest absolute Gasteiger partial charge is 0.497 e. The molecule has 0 aliphatic heterocycles. The first kappa shape index (κ1) is 29.7. The molecule has 3 aromatic rings. The molecule has 0 fully saturated rings. The lowest BCUT2D eigenvalue weighted by atomic mass is 10.1. The lowest BCUT2D eigenvalue weighted by molar-refractivity contribution is -0.139. The van der Waals surface area contributed by atoms with Gasteiger partial charge in [-0.3, -0.25) is 13.9 Å². The SMILES string of the molecule is CCCNC(=O)[C@@H](C)N(Cc1cccc(OC)c1)C(=O)CN(c1cccc(C)c1)S(=O)(=O)c1ccc(C)cc1. The molecule has 3 rings (SSSR count). The van der Waals surface area contributed by atoms with Gasteiger partial charge in [0.25, 0.3) is 10.0 Å². The van der Waals surface area contributed by atoms with E-state index in [1.807, 2.05) is 32.9 Å². The minimum Gasteiger partial charge on any atom is -0.497 e. The van der Waals surface area contributed by atoms with Crippen molar-refractivity contribution < 1.29 is 22.7 Å². The first-order chi connectivity index (χ1) is 18.6. The molecule has 0 unspecified atom stereocenters. The fourth-order valence-corrected chi connectivity index (χ4v) is 5.50. The van der Waals surface area contributed by atoms with Gasteiger partial charge in [-0.05, 0) is 74.7 Å². The van der Waals surface area contributed by atoms with Crippen LogP contribution in [0, 0.1) is 13.8 Å². The normalized spacial score (nSPS) is 11.9. The van der Waals surface area contributed by atoms with Gasteiger partial charge in [-0.15, -0.1) is 0 Å². The number of nitrogens with zero attached hydrogens (tertiary/aromatic N) is 2. The van der Waals surface area contributed by atoms with Crippen LogP contribution in [0.4, 0.5) is 5.69 Å². The minimum absolute atomic E-state index is 0.0792. The molecular weight excluding hydrogens is 514 g/mol. The number of benzene rings is 3. The summed E-state index contributed by atoms with van der Waals surface area (Å²) in [5.74, 6) is -0.197. The topological polar surface area (TPSA) is 96.0 Å². The number of anilines is 1. The molecule has 8 nitrogen and oxygen atoms in total. The van der Waals surface area contributed by atoms with E-state index < -0.39 is 28.5 Å². The molecule has 0 saturated carbocycles. The van der Waals surface area contributed by atoms with Crippen LogP contribution in [-0.4, -0.2) is 51.4 Å². The predicted octanol–water partition coefficient (Wildman–Crippen LogP) is 4.45. The summed E-state index contributed by atoms with van der Waals surface area (Å²) in [4.78, 5) is 28.4. The van der Waals surface area contributed by atoms with Crippen molar-refractivity contribution in [1.29, 1.82) is 0 Å². The first-order valence-corrected chi connectivity index (χ1v) is 14.4. The number of hydrogen-bond donors (Lipinski definition) is 1. The maximum atomic E-state index is 13.9. The number of ether oxygens (including phenoxy) is 1. The molecule has 0 radical (unpaired) electrons. The van der Waals surface area contributed by atoms with Crippen LogP contribution in [0.2, 0.25) is 0 Å². The number of nitrogens with one attached hydrogen (secondary N) is 1. The van der Waals surface area contributed by atoms with Crippen LogP contribution in [0.15, 0.2) is 77.7 Å². The highest BCUT2D eigenvalue weighted by molar-refractivity contribution is 7.92. The highest BCUT2D eigenvalue weighted by Gasteiger charge is 2.32. The Kier molecular flexibility index (Phi) is 10.1. The van der Waals surface area contributed by atoms with E-state index in [9.17, 15) is 18.0 Å². The van der Waals surface area contributed by atoms with Crippen molar-refractivity contribution in [2.75, 3.05) is 24.5 Å². The van der Waals surface area contributed by atoms with Gasteiger partial charge in [0.1, 0.15) is 18.3 Å². The summed E-state index contributed by atoms with van der Waals surface area (Å²) < 4.78 is 34.2. The molecule has 0 spiro atoms. The molecular formula is C30H37N3O5S. The van der Waals surface area contributed by atoms with E-state index in [4.69, 9.17) is 4.74 Å². The van der Waals surface area contributed by atoms with Crippen LogP contribution in [-0.2, 0) is 26.2 Å². The number of hydrogen-bond acceptors (Lipinski definition) is 5. The lowest BCUT2D eigenvalue weighted by Crippen LogP contribution is -2.51. The molecule has 0 heterocycles. The van der Waals surface area contributed by atoms with Crippen molar-refractivity contribution in [3.05, 3.63) is 89.5 Å². The highest BCUT2D eigenvalue weighted by Crippen LogP contribution is 2.26. The Hall–Kier alpha value is -3.85. The molecule has 9 heteroatoms. The van der Waals surface area contributed by atoms with Gasteiger partial charge in [-0.1, -0.05) is 48.9 Å². The zero-order valence-electron chi connectivity index (χ0n) is 23.2. The van der Waals surface area contributed by atoms with Gasteiger partial charge in [-0.25, -0.2) is 8.42 Å². The van der Waals surface area contributed by atoms with Crippen molar-refractivity contribution in [2.24, 2.45) is 0 Å². The molecule has 3 aromatic carbocycles. The first-order valence-electron chi connectivity index (χ1n) is 12.9. The summed E-state index contributed by atoms with van der Waals surface area (Å²) in [6.07, 6.45) is 0.748. The maximum Gasteiger partial charge on any atom is 0.264 e. The number of sulfonamides is 1. The molecule has 1 atom stereocenters. The van der Waals surface area contributed by atoms with E-state index in [0.717, 1.165) is 27.4 Å². The second kappa shape index (κ2) is 13.3. The van der Waals surface area contributed by atoms with Crippen LogP contribution in [0.5, 0.6) is 5.75 Å². The van der Waals surface area contributed by atoms with Gasteiger partial charge in [0.15, 0.2) is 0 Å². The molecule has 39 heavy (non-hydrogen) atoms. The number of aryl methyl sites for hydroxylation is 2. The summed E-state index contributed by atoms with van der Waals surface area (Å²) in [5.41, 5.74) is 2.89. The Labute approximate surface area is 231 Å². The van der Waals surface area contributed by atoms with Crippen molar-refractivity contribution in [2.45, 2.75) is 51.6 Å². The van der Waals surface area contributed by atoms with Crippen molar-refractivity contribution in [1.82, 2.24) is 10.2 Å². The van der Waals surface area contributed by atoms with Crippen LogP contribution < -0.4 is 14.4 Å². The number of carbonyl (C=O) groups is 2. The Morgan fingerprint density at radius 3 is 2.28 bits per heavy atom. The third-order valence-corrected chi connectivity index (χ3v) is 8.17. The second-order valence-electron chi connectivity index (χ2n) is 9.50. The third kappa shape index (κ3) is 7.60. The summed E-state index contributed by atoms with van der Waals surface area (Å²) in [5, 5.41) is 2.84. The highest BCUT2D eigenvalue weighted by atomic mass is 32.2. The Morgan fingerprint density at radius 2 is 1.64 bits per heavy atom. The number of amides is 2. The van der Waals surface area contributed by atoms with Gasteiger partial charge in [0.05, 0.1) is 17.7 Å². The molecule has 0 aliphatic rings. The fourth-order valence-electron chi connectivity index (χ4n) is 4.10. The number of methoxy groups -OCH3 is 1. The van der Waals surface area contributed by atoms with E-state index in [1.165, 1.54) is 17.0 Å². The smallest absolute Gasteiger partial charge is 0.264 e. The van der Waals surface area contributed by atoms with Gasteiger partial charge in [0, 0.05) is 13.1 Å². The monoisotopic (exact) mass is 551 g/mol. The predicted molar refractivity (Wildman–Crippen MR) is 153 cm³/mol. The minimum atomic E-state index is -4.09. The Balaban J connectivity index is 2.02. The lowest BCUT2D eigenvalue weighted by Gasteiger charge is -2.32. The van der Waals surface area contributed by atoms with Gasteiger partial charge in [0.2, 0.25) is 11.8 Å². The summed E-state index contributed by atoms with van der Waals surface area (Å²) >= 11 is 0. The Morgan fingerprint density at radius 1 is 0.949 bits per heavy atom. The van der Waals surface area contributed by atoms with Crippen molar-refractivity contribution in [3.63, 3.8) is 0 Å². The van der Waals surface area contributed by atoms with E-state index in [1.54, 1.807) is 62.6 Å². The molecule has 0 aliphatic carbocycles. The number of rotatable bonds is 12. The molecule has 208 valence electrons. The molecule has 2 amide bonds.